The molecule has 1 amide bonds. The summed E-state index contributed by atoms with van der Waals surface area (Å²) < 4.78 is 5.26. The van der Waals surface area contributed by atoms with Crippen LogP contribution >= 0.6 is 0 Å². The van der Waals surface area contributed by atoms with Crippen LogP contribution in [0.4, 0.5) is 4.79 Å². The van der Waals surface area contributed by atoms with Crippen molar-refractivity contribution in [2.24, 2.45) is 0 Å². The topological polar surface area (TPSA) is 130 Å². The number of aromatic hydroxyl groups is 2. The lowest BCUT2D eigenvalue weighted by Crippen LogP contribution is -2.55. The molecule has 9 heteroatoms. The fraction of sp³-hybridized carbons (Fsp3) is 0.200. The number of aliphatic hydroxyl groups is 1. The van der Waals surface area contributed by atoms with E-state index in [2.05, 4.69) is 4.84 Å². The Kier molecular flexibility index (Phi) is 4.95. The number of nitrogens with zero attached hydrogens (tertiary/aromatic N) is 1. The molecule has 0 saturated heterocycles. The zero-order valence-electron chi connectivity index (χ0n) is 12.7. The lowest BCUT2D eigenvalue weighted by atomic mass is 10.2. The van der Waals surface area contributed by atoms with E-state index in [-0.39, 0.29) is 6.61 Å². The second-order valence-corrected chi connectivity index (χ2v) is 4.98. The van der Waals surface area contributed by atoms with Crippen LogP contribution in [0.2, 0.25) is 0 Å². The molecule has 0 spiro atoms. The van der Waals surface area contributed by atoms with Crippen molar-refractivity contribution in [1.29, 1.82) is 0 Å². The highest BCUT2D eigenvalue weighted by Gasteiger charge is 2.36. The summed E-state index contributed by atoms with van der Waals surface area (Å²) in [6.45, 7) is 0.897. The molecule has 9 nitrogen and oxygen atoms in total. The molecule has 0 aliphatic heterocycles. The number of amides is 1. The molecule has 1 heterocycles. The molecule has 1 atom stereocenters. The molecule has 1 unspecified atom stereocenters. The third-order valence-corrected chi connectivity index (χ3v) is 2.93. The van der Waals surface area contributed by atoms with Gasteiger partial charge < -0.3 is 24.9 Å². The lowest BCUT2D eigenvalue weighted by molar-refractivity contribution is -0.168. The first kappa shape index (κ1) is 17.2. The Hall–Kier alpha value is -3.20. The Balaban J connectivity index is 1.92. The van der Waals surface area contributed by atoms with Gasteiger partial charge in [-0.3, -0.25) is 5.32 Å². The van der Waals surface area contributed by atoms with Crippen molar-refractivity contribution in [2.75, 3.05) is 0 Å². The maximum atomic E-state index is 11.9. The average molecular weight is 336 g/mol. The quantitative estimate of drug-likeness (QED) is 0.585. The van der Waals surface area contributed by atoms with E-state index in [0.29, 0.717) is 4.73 Å². The van der Waals surface area contributed by atoms with Crippen LogP contribution < -0.4 is 10.2 Å². The van der Waals surface area contributed by atoms with E-state index in [1.54, 1.807) is 30.3 Å². The van der Waals surface area contributed by atoms with E-state index in [1.807, 2.05) is 5.32 Å². The van der Waals surface area contributed by atoms with Gasteiger partial charge in [-0.2, -0.15) is 0 Å². The number of carbonyl (C=O) groups is 2. The molecular weight excluding hydrogens is 320 g/mol. The molecule has 0 aliphatic carbocycles. The highest BCUT2D eigenvalue weighted by Crippen LogP contribution is 2.19. The molecular formula is C15H16N2O7. The van der Waals surface area contributed by atoms with Crippen LogP contribution in [0.15, 0.2) is 42.5 Å². The summed E-state index contributed by atoms with van der Waals surface area (Å²) in [7, 11) is 0. The number of hydrogen-bond acceptors (Lipinski definition) is 7. The summed E-state index contributed by atoms with van der Waals surface area (Å²) in [6, 6.07) is 10.9. The van der Waals surface area contributed by atoms with Crippen molar-refractivity contribution in [3.8, 4) is 11.8 Å². The van der Waals surface area contributed by atoms with Crippen molar-refractivity contribution >= 4 is 12.1 Å². The van der Waals surface area contributed by atoms with Crippen LogP contribution in [-0.2, 0) is 16.1 Å². The maximum Gasteiger partial charge on any atom is 0.410 e. The Morgan fingerprint density at radius 3 is 2.29 bits per heavy atom. The van der Waals surface area contributed by atoms with E-state index in [0.717, 1.165) is 24.6 Å². The van der Waals surface area contributed by atoms with Gasteiger partial charge in [-0.05, 0) is 12.5 Å². The van der Waals surface area contributed by atoms with Crippen molar-refractivity contribution in [3.63, 3.8) is 0 Å². The number of alkyl carbamates (subject to hydrolysis) is 1. The van der Waals surface area contributed by atoms with E-state index in [9.17, 15) is 24.9 Å². The number of hydrogen-bond donors (Lipinski definition) is 4. The van der Waals surface area contributed by atoms with Crippen LogP contribution in [0.3, 0.4) is 0 Å². The summed E-state index contributed by atoms with van der Waals surface area (Å²) in [6.07, 6.45) is -1.05. The highest BCUT2D eigenvalue weighted by molar-refractivity contribution is 5.83. The Bertz CT molecular complexity index is 705. The SMILES string of the molecule is CC(O)(NC(=O)OCc1ccccc1)C(=O)On1c(O)ccc1O. The standard InChI is InChI=1S/C15H16N2O7/c1-15(22,13(20)24-17-11(18)7-8-12(17)19)16-14(21)23-9-10-5-3-2-4-6-10/h2-8,18-19,22H,9H2,1H3,(H,16,21). The number of nitrogens with one attached hydrogen (secondary N) is 1. The normalized spacial score (nSPS) is 12.9. The predicted octanol–water partition coefficient (Wildman–Crippen LogP) is 0.489. The predicted molar refractivity (Wildman–Crippen MR) is 79.7 cm³/mol. The molecule has 0 bridgehead atoms. The molecule has 2 aromatic rings. The summed E-state index contributed by atoms with van der Waals surface area (Å²) >= 11 is 0. The van der Waals surface area contributed by atoms with Gasteiger partial charge in [-0.1, -0.05) is 30.3 Å². The van der Waals surface area contributed by atoms with Gasteiger partial charge in [0, 0.05) is 12.1 Å². The molecule has 0 saturated carbocycles. The summed E-state index contributed by atoms with van der Waals surface area (Å²) in [5, 5.41) is 30.6. The third kappa shape index (κ3) is 4.17. The van der Waals surface area contributed by atoms with Gasteiger partial charge in [-0.25, -0.2) is 9.59 Å². The van der Waals surface area contributed by atoms with E-state index < -0.39 is 29.5 Å². The van der Waals surface area contributed by atoms with Crippen LogP contribution in [0.25, 0.3) is 0 Å². The van der Waals surface area contributed by atoms with Gasteiger partial charge >= 0.3 is 12.1 Å². The minimum atomic E-state index is -2.45. The minimum Gasteiger partial charge on any atom is -0.492 e. The van der Waals surface area contributed by atoms with Gasteiger partial charge in [0.05, 0.1) is 0 Å². The van der Waals surface area contributed by atoms with Crippen LogP contribution in [0.5, 0.6) is 11.8 Å². The van der Waals surface area contributed by atoms with Gasteiger partial charge in [0.2, 0.25) is 17.5 Å². The van der Waals surface area contributed by atoms with Gasteiger partial charge in [0.25, 0.3) is 0 Å². The van der Waals surface area contributed by atoms with E-state index in [4.69, 9.17) is 4.74 Å². The monoisotopic (exact) mass is 336 g/mol. The van der Waals surface area contributed by atoms with Crippen LogP contribution in [-0.4, -0.2) is 37.8 Å². The average Bonchev–Trinajstić information content (AvgIpc) is 2.85. The van der Waals surface area contributed by atoms with Crippen molar-refractivity contribution in [3.05, 3.63) is 48.0 Å². The first-order valence-electron chi connectivity index (χ1n) is 6.83. The van der Waals surface area contributed by atoms with Gasteiger partial charge in [0.1, 0.15) is 6.61 Å². The summed E-state index contributed by atoms with van der Waals surface area (Å²) in [4.78, 5) is 28.1. The fourth-order valence-corrected chi connectivity index (χ4v) is 1.68. The summed E-state index contributed by atoms with van der Waals surface area (Å²) in [5.74, 6) is -2.48. The lowest BCUT2D eigenvalue weighted by Gasteiger charge is -2.22. The zero-order valence-corrected chi connectivity index (χ0v) is 12.7. The van der Waals surface area contributed by atoms with Crippen molar-refractivity contribution < 1.29 is 34.5 Å². The minimum absolute atomic E-state index is 0.0586. The second kappa shape index (κ2) is 6.92. The number of benzene rings is 1. The molecule has 0 radical (unpaired) electrons. The Labute approximate surface area is 136 Å². The fourth-order valence-electron chi connectivity index (χ4n) is 1.68. The van der Waals surface area contributed by atoms with Gasteiger partial charge in [-0.15, -0.1) is 4.73 Å². The molecule has 1 aromatic carbocycles. The number of carbonyl (C=O) groups excluding carboxylic acids is 2. The Morgan fingerprint density at radius 1 is 1.12 bits per heavy atom. The molecule has 2 rings (SSSR count). The first-order chi connectivity index (χ1) is 11.3. The second-order valence-electron chi connectivity index (χ2n) is 4.98. The van der Waals surface area contributed by atoms with E-state index >= 15 is 0 Å². The smallest absolute Gasteiger partial charge is 0.410 e. The molecule has 0 fully saturated rings. The molecule has 0 aliphatic rings. The van der Waals surface area contributed by atoms with E-state index in [1.165, 1.54) is 0 Å². The maximum absolute atomic E-state index is 11.9. The largest absolute Gasteiger partial charge is 0.492 e. The Morgan fingerprint density at radius 2 is 1.71 bits per heavy atom. The highest BCUT2D eigenvalue weighted by atomic mass is 16.7. The number of ether oxygens (including phenoxy) is 1. The summed E-state index contributed by atoms with van der Waals surface area (Å²) in [5.41, 5.74) is -1.73. The third-order valence-electron chi connectivity index (χ3n) is 2.93. The van der Waals surface area contributed by atoms with Crippen molar-refractivity contribution in [1.82, 2.24) is 10.0 Å². The number of aromatic nitrogens is 1. The molecule has 128 valence electrons. The van der Waals surface area contributed by atoms with Crippen LogP contribution in [0, 0.1) is 0 Å². The van der Waals surface area contributed by atoms with Crippen LogP contribution in [0.1, 0.15) is 12.5 Å². The van der Waals surface area contributed by atoms with Crippen molar-refractivity contribution in [2.45, 2.75) is 19.3 Å². The molecule has 24 heavy (non-hydrogen) atoms. The first-order valence-corrected chi connectivity index (χ1v) is 6.83. The number of rotatable bonds is 5. The molecule has 4 N–H and O–H groups in total. The molecule has 1 aromatic heterocycles. The van der Waals surface area contributed by atoms with Gasteiger partial charge in [0.15, 0.2) is 0 Å². The zero-order chi connectivity index (χ0) is 17.7.